The van der Waals surface area contributed by atoms with Crippen LogP contribution in [0.3, 0.4) is 0 Å². The number of carbonyl (C=O) groups is 2. The summed E-state index contributed by atoms with van der Waals surface area (Å²) in [7, 11) is 0. The maximum Gasteiger partial charge on any atom is 0.270 e. The summed E-state index contributed by atoms with van der Waals surface area (Å²) in [5.74, 6) is -0.537. The van der Waals surface area contributed by atoms with Gasteiger partial charge in [0.1, 0.15) is 11.4 Å². The van der Waals surface area contributed by atoms with Crippen LogP contribution in [0.25, 0.3) is 0 Å². The number of amides is 2. The lowest BCUT2D eigenvalue weighted by atomic mass is 10.1. The van der Waals surface area contributed by atoms with Crippen LogP contribution in [0.2, 0.25) is 0 Å². The lowest BCUT2D eigenvalue weighted by Crippen LogP contribution is -2.28. The molecule has 1 heterocycles. The number of nitrogens with zero attached hydrogens (tertiary/aromatic N) is 1. The van der Waals surface area contributed by atoms with Gasteiger partial charge in [-0.2, -0.15) is 0 Å². The molecule has 2 amide bonds. The summed E-state index contributed by atoms with van der Waals surface area (Å²) >= 11 is 0. The van der Waals surface area contributed by atoms with Crippen LogP contribution < -0.4 is 10.6 Å². The summed E-state index contributed by atoms with van der Waals surface area (Å²) in [6, 6.07) is 12.9. The van der Waals surface area contributed by atoms with Crippen LogP contribution in [0.4, 0.5) is 0 Å². The van der Waals surface area contributed by atoms with E-state index < -0.39 is 0 Å². The zero-order valence-electron chi connectivity index (χ0n) is 14.8. The Hall–Kier alpha value is -2.69. The zero-order valence-corrected chi connectivity index (χ0v) is 14.8. The summed E-state index contributed by atoms with van der Waals surface area (Å²) in [6.45, 7) is 5.18. The minimum absolute atomic E-state index is 0.244. The molecule has 0 aliphatic rings. The third-order valence-electron chi connectivity index (χ3n) is 3.85. The number of aromatic nitrogens is 1. The number of carbonyl (C=O) groups excluding carboxylic acids is 2. The van der Waals surface area contributed by atoms with E-state index >= 15 is 0 Å². The Balaban J connectivity index is 1.91. The molecule has 0 aliphatic carbocycles. The predicted octanol–water partition coefficient (Wildman–Crippen LogP) is 3.24. The Morgan fingerprint density at radius 3 is 2.20 bits per heavy atom. The first-order valence-electron chi connectivity index (χ1n) is 8.69. The lowest BCUT2D eigenvalue weighted by Gasteiger charge is -2.07. The highest BCUT2D eigenvalue weighted by Crippen LogP contribution is 2.04. The summed E-state index contributed by atoms with van der Waals surface area (Å²) in [5.41, 5.74) is 2.70. The SMILES string of the molecule is CCCCCNC(=O)c1cccc(C(=O)NCc2ccc(C)cc2)n1. The van der Waals surface area contributed by atoms with Crippen molar-refractivity contribution in [3.63, 3.8) is 0 Å². The van der Waals surface area contributed by atoms with Crippen LogP contribution in [-0.4, -0.2) is 23.3 Å². The fourth-order valence-corrected chi connectivity index (χ4v) is 2.33. The number of hydrogen-bond acceptors (Lipinski definition) is 3. The quantitative estimate of drug-likeness (QED) is 0.725. The van der Waals surface area contributed by atoms with Gasteiger partial charge in [0.2, 0.25) is 0 Å². The number of unbranched alkanes of at least 4 members (excludes halogenated alkanes) is 2. The minimum atomic E-state index is -0.291. The van der Waals surface area contributed by atoms with Gasteiger partial charge in [-0.05, 0) is 31.0 Å². The fourth-order valence-electron chi connectivity index (χ4n) is 2.33. The van der Waals surface area contributed by atoms with Gasteiger partial charge in [0.15, 0.2) is 0 Å². The Bertz CT molecular complexity index is 711. The number of nitrogens with one attached hydrogen (secondary N) is 2. The van der Waals surface area contributed by atoms with Gasteiger partial charge in [0.25, 0.3) is 11.8 Å². The van der Waals surface area contributed by atoms with Gasteiger partial charge in [-0.1, -0.05) is 55.7 Å². The van der Waals surface area contributed by atoms with Gasteiger partial charge < -0.3 is 10.6 Å². The molecule has 5 nitrogen and oxygen atoms in total. The molecule has 2 N–H and O–H groups in total. The lowest BCUT2D eigenvalue weighted by molar-refractivity contribution is 0.0942. The first-order chi connectivity index (χ1) is 12.1. The third kappa shape index (κ3) is 6.03. The molecule has 1 aromatic carbocycles. The van der Waals surface area contributed by atoms with E-state index in [0.717, 1.165) is 24.8 Å². The van der Waals surface area contributed by atoms with Crippen LogP contribution in [-0.2, 0) is 6.54 Å². The molecular formula is C20H25N3O2. The molecule has 2 rings (SSSR count). The van der Waals surface area contributed by atoms with Gasteiger partial charge in [-0.15, -0.1) is 0 Å². The van der Waals surface area contributed by atoms with Crippen LogP contribution in [0.5, 0.6) is 0 Å². The van der Waals surface area contributed by atoms with E-state index in [1.807, 2.05) is 31.2 Å². The summed E-state index contributed by atoms with van der Waals surface area (Å²) in [6.07, 6.45) is 3.12. The molecule has 0 saturated carbocycles. The topological polar surface area (TPSA) is 71.1 Å². The summed E-state index contributed by atoms with van der Waals surface area (Å²) in [4.78, 5) is 28.5. The number of pyridine rings is 1. The Morgan fingerprint density at radius 1 is 0.920 bits per heavy atom. The first kappa shape index (κ1) is 18.6. The molecule has 0 atom stereocenters. The smallest absolute Gasteiger partial charge is 0.270 e. The van der Waals surface area contributed by atoms with Gasteiger partial charge >= 0.3 is 0 Å². The van der Waals surface area contributed by atoms with E-state index in [9.17, 15) is 9.59 Å². The second-order valence-corrected chi connectivity index (χ2v) is 6.04. The molecular weight excluding hydrogens is 314 g/mol. The van der Waals surface area contributed by atoms with E-state index in [4.69, 9.17) is 0 Å². The molecule has 1 aromatic heterocycles. The van der Waals surface area contributed by atoms with Crippen LogP contribution in [0.1, 0.15) is 58.3 Å². The number of aryl methyl sites for hydroxylation is 1. The largest absolute Gasteiger partial charge is 0.351 e. The highest BCUT2D eigenvalue weighted by molar-refractivity contribution is 5.96. The van der Waals surface area contributed by atoms with Crippen molar-refractivity contribution in [3.05, 3.63) is 65.0 Å². The van der Waals surface area contributed by atoms with Gasteiger partial charge in [-0.25, -0.2) is 4.98 Å². The highest BCUT2D eigenvalue weighted by atomic mass is 16.2. The molecule has 0 spiro atoms. The fraction of sp³-hybridized carbons (Fsp3) is 0.350. The predicted molar refractivity (Wildman–Crippen MR) is 98.4 cm³/mol. The van der Waals surface area contributed by atoms with E-state index in [0.29, 0.717) is 13.1 Å². The van der Waals surface area contributed by atoms with E-state index in [1.54, 1.807) is 18.2 Å². The van der Waals surface area contributed by atoms with Crippen molar-refractivity contribution in [2.45, 2.75) is 39.7 Å². The monoisotopic (exact) mass is 339 g/mol. The first-order valence-corrected chi connectivity index (χ1v) is 8.69. The van der Waals surface area contributed by atoms with Crippen molar-refractivity contribution in [3.8, 4) is 0 Å². The summed E-state index contributed by atoms with van der Waals surface area (Å²) < 4.78 is 0. The van der Waals surface area contributed by atoms with Gasteiger partial charge in [-0.3, -0.25) is 9.59 Å². The van der Waals surface area contributed by atoms with Crippen LogP contribution >= 0.6 is 0 Å². The molecule has 5 heteroatoms. The maximum absolute atomic E-state index is 12.3. The zero-order chi connectivity index (χ0) is 18.1. The number of rotatable bonds is 8. The van der Waals surface area contributed by atoms with Gasteiger partial charge in [0.05, 0.1) is 0 Å². The maximum atomic E-state index is 12.3. The number of hydrogen-bond donors (Lipinski definition) is 2. The summed E-state index contributed by atoms with van der Waals surface area (Å²) in [5, 5.41) is 5.66. The average Bonchev–Trinajstić information content (AvgIpc) is 2.64. The van der Waals surface area contributed by atoms with Crippen LogP contribution in [0.15, 0.2) is 42.5 Å². The van der Waals surface area contributed by atoms with Crippen molar-refractivity contribution in [1.82, 2.24) is 15.6 Å². The van der Waals surface area contributed by atoms with Crippen molar-refractivity contribution < 1.29 is 9.59 Å². The van der Waals surface area contributed by atoms with Gasteiger partial charge in [0, 0.05) is 13.1 Å². The second kappa shape index (κ2) is 9.57. The third-order valence-corrected chi connectivity index (χ3v) is 3.85. The van der Waals surface area contributed by atoms with Crippen molar-refractivity contribution >= 4 is 11.8 Å². The molecule has 0 saturated heterocycles. The Kier molecular flexibility index (Phi) is 7.14. The van der Waals surface area contributed by atoms with E-state index in [-0.39, 0.29) is 23.2 Å². The van der Waals surface area contributed by atoms with Crippen molar-refractivity contribution in [1.29, 1.82) is 0 Å². The molecule has 0 bridgehead atoms. The highest BCUT2D eigenvalue weighted by Gasteiger charge is 2.11. The minimum Gasteiger partial charge on any atom is -0.351 e. The van der Waals surface area contributed by atoms with E-state index in [1.165, 1.54) is 5.56 Å². The van der Waals surface area contributed by atoms with E-state index in [2.05, 4.69) is 22.5 Å². The molecule has 2 aromatic rings. The Labute approximate surface area is 148 Å². The standard InChI is InChI=1S/C20H25N3O2/c1-3-4-5-13-21-19(24)17-7-6-8-18(23-17)20(25)22-14-16-11-9-15(2)10-12-16/h6-12H,3-5,13-14H2,1-2H3,(H,21,24)(H,22,25). The number of benzene rings is 1. The molecule has 0 aliphatic heterocycles. The van der Waals surface area contributed by atoms with Crippen LogP contribution in [0, 0.1) is 6.92 Å². The van der Waals surface area contributed by atoms with Crippen molar-refractivity contribution in [2.24, 2.45) is 0 Å². The molecule has 132 valence electrons. The second-order valence-electron chi connectivity index (χ2n) is 6.04. The average molecular weight is 339 g/mol. The molecule has 25 heavy (non-hydrogen) atoms. The molecule has 0 radical (unpaired) electrons. The normalized spacial score (nSPS) is 10.3. The van der Waals surface area contributed by atoms with Crippen molar-refractivity contribution in [2.75, 3.05) is 6.54 Å². The Morgan fingerprint density at radius 2 is 1.56 bits per heavy atom. The molecule has 0 unspecified atom stereocenters. The molecule has 0 fully saturated rings.